The first-order valence-electron chi connectivity index (χ1n) is 22.5. The van der Waals surface area contributed by atoms with Crippen LogP contribution in [0.2, 0.25) is 0 Å². The van der Waals surface area contributed by atoms with Gasteiger partial charge in [-0.15, -0.1) is 0 Å². The monoisotopic (exact) mass is 874 g/mol. The molecule has 0 aliphatic heterocycles. The molecule has 0 saturated carbocycles. The zero-order valence-electron chi connectivity index (χ0n) is 36.9. The minimum absolute atomic E-state index is 0.102. The molecule has 4 heteroatoms. The molecule has 10 aromatic rings. The summed E-state index contributed by atoms with van der Waals surface area (Å²) in [4.78, 5) is 58.3. The summed E-state index contributed by atoms with van der Waals surface area (Å²) in [7, 11) is 0. The summed E-state index contributed by atoms with van der Waals surface area (Å²) < 4.78 is 0. The van der Waals surface area contributed by atoms with Gasteiger partial charge in [-0.25, -0.2) is 0 Å². The topological polar surface area (TPSA) is 68.3 Å². The minimum Gasteiger partial charge on any atom is -0.289 e. The predicted molar refractivity (Wildman–Crippen MR) is 273 cm³/mol. The van der Waals surface area contributed by atoms with E-state index in [0.29, 0.717) is 72.3 Å². The van der Waals surface area contributed by atoms with Crippen molar-refractivity contribution in [3.8, 4) is 55.6 Å². The van der Waals surface area contributed by atoms with Gasteiger partial charge in [0.15, 0.2) is 23.1 Å². The van der Waals surface area contributed by atoms with Gasteiger partial charge >= 0.3 is 0 Å². The molecule has 0 saturated heterocycles. The van der Waals surface area contributed by atoms with Crippen molar-refractivity contribution in [2.24, 2.45) is 0 Å². The van der Waals surface area contributed by atoms with Gasteiger partial charge in [-0.3, -0.25) is 19.2 Å². The Morgan fingerprint density at radius 3 is 0.882 bits per heavy atom. The van der Waals surface area contributed by atoms with Crippen molar-refractivity contribution in [2.45, 2.75) is 0 Å². The van der Waals surface area contributed by atoms with Gasteiger partial charge < -0.3 is 0 Å². The molecular weight excluding hydrogens is 833 g/mol. The molecule has 0 bridgehead atoms. The van der Waals surface area contributed by atoms with Crippen molar-refractivity contribution in [3.63, 3.8) is 0 Å². The fourth-order valence-corrected chi connectivity index (χ4v) is 9.01. The number of benzene rings is 10. The molecule has 68 heavy (non-hydrogen) atoms. The lowest BCUT2D eigenvalue weighted by Crippen LogP contribution is -2.08. The van der Waals surface area contributed by atoms with Gasteiger partial charge in [-0.2, -0.15) is 0 Å². The van der Waals surface area contributed by atoms with Crippen molar-refractivity contribution in [2.75, 3.05) is 0 Å². The normalized spacial score (nSPS) is 10.9. The first-order valence-corrected chi connectivity index (χ1v) is 22.5. The first-order chi connectivity index (χ1) is 33.4. The molecule has 0 N–H and O–H groups in total. The van der Waals surface area contributed by atoms with Crippen molar-refractivity contribution < 1.29 is 19.2 Å². The summed E-state index contributed by atoms with van der Waals surface area (Å²) in [5.41, 5.74) is 11.6. The second-order valence-electron chi connectivity index (χ2n) is 16.5. The average Bonchev–Trinajstić information content (AvgIpc) is 3.43. The summed E-state index contributed by atoms with van der Waals surface area (Å²) >= 11 is 0. The molecule has 0 heterocycles. The van der Waals surface area contributed by atoms with Crippen molar-refractivity contribution in [1.29, 1.82) is 0 Å². The van der Waals surface area contributed by atoms with Crippen LogP contribution in [-0.4, -0.2) is 23.1 Å². The van der Waals surface area contributed by atoms with Crippen LogP contribution in [0.3, 0.4) is 0 Å². The van der Waals surface area contributed by atoms with Gasteiger partial charge in [0.2, 0.25) is 0 Å². The lowest BCUT2D eigenvalue weighted by Gasteiger charge is -2.19. The third-order valence-electron chi connectivity index (χ3n) is 12.4. The molecule has 0 fully saturated rings. The fraction of sp³-hybridized carbons (Fsp3) is 0. The Balaban J connectivity index is 1.16. The van der Waals surface area contributed by atoms with Crippen LogP contribution in [0.25, 0.3) is 55.6 Å². The number of carbonyl (C=O) groups excluding carboxylic acids is 4. The fourth-order valence-electron chi connectivity index (χ4n) is 9.01. The first kappa shape index (κ1) is 42.8. The van der Waals surface area contributed by atoms with E-state index in [0.717, 1.165) is 27.8 Å². The maximum Gasteiger partial charge on any atom is 0.193 e. The van der Waals surface area contributed by atoms with Crippen LogP contribution < -0.4 is 0 Å². The van der Waals surface area contributed by atoms with Crippen LogP contribution in [0.4, 0.5) is 0 Å². The van der Waals surface area contributed by atoms with Crippen molar-refractivity contribution >= 4 is 23.1 Å². The molecule has 0 amide bonds. The summed E-state index contributed by atoms with van der Waals surface area (Å²) in [6, 6.07) is 79.4. The lowest BCUT2D eigenvalue weighted by molar-refractivity contribution is 0.103. The number of hydrogen-bond acceptors (Lipinski definition) is 4. The van der Waals surface area contributed by atoms with E-state index in [2.05, 4.69) is 24.3 Å². The SMILES string of the molecule is O=C(c1ccccc1)c1ccccc1-c1ccc(C(=O)c2ccccc2-c2cc(-c3ccccc3)ccc2-c2ccccc2C(=O)c2ccccc2)cc1-c1ccccc1C(=O)c1ccccc1. The highest BCUT2D eigenvalue weighted by molar-refractivity contribution is 6.19. The molecule has 0 unspecified atom stereocenters. The molecule has 0 aliphatic rings. The number of rotatable bonds is 13. The second kappa shape index (κ2) is 19.2. The second-order valence-corrected chi connectivity index (χ2v) is 16.5. The summed E-state index contributed by atoms with van der Waals surface area (Å²) in [6.45, 7) is 0. The minimum atomic E-state index is -0.237. The maximum absolute atomic E-state index is 15.5. The van der Waals surface area contributed by atoms with Crippen molar-refractivity contribution in [3.05, 3.63) is 299 Å². The standard InChI is InChI=1S/C64H42O4/c65-61(44-23-7-2-8-24-44)55-33-17-13-29-49(55)53-39-37-47(43-21-5-1-6-22-43)41-59(53)52-32-16-20-36-58(52)64(68)48-38-40-54(50-30-14-18-34-56(50)62(66)45-25-9-3-10-26-45)60(42-48)51-31-15-19-35-57(51)63(67)46-27-11-4-12-28-46/h1-42H. The van der Waals surface area contributed by atoms with Gasteiger partial charge in [0, 0.05) is 44.5 Å². The zero-order chi connectivity index (χ0) is 46.4. The molecule has 4 nitrogen and oxygen atoms in total. The molecule has 0 spiro atoms. The largest absolute Gasteiger partial charge is 0.289 e. The Morgan fingerprint density at radius 2 is 0.485 bits per heavy atom. The Kier molecular flexibility index (Phi) is 12.1. The molecule has 0 aromatic heterocycles. The van der Waals surface area contributed by atoms with E-state index >= 15 is 4.79 Å². The molecule has 0 aliphatic carbocycles. The van der Waals surface area contributed by atoms with Gasteiger partial charge in [0.05, 0.1) is 0 Å². The highest BCUT2D eigenvalue weighted by atomic mass is 16.1. The van der Waals surface area contributed by atoms with Crippen LogP contribution in [-0.2, 0) is 0 Å². The van der Waals surface area contributed by atoms with E-state index in [9.17, 15) is 14.4 Å². The Bertz CT molecular complexity index is 3500. The lowest BCUT2D eigenvalue weighted by atomic mass is 9.83. The summed E-state index contributed by atoms with van der Waals surface area (Å²) in [5, 5.41) is 0. The Morgan fingerprint density at radius 1 is 0.191 bits per heavy atom. The number of hydrogen-bond donors (Lipinski definition) is 0. The van der Waals surface area contributed by atoms with E-state index in [1.54, 1.807) is 36.4 Å². The van der Waals surface area contributed by atoms with Crippen molar-refractivity contribution in [1.82, 2.24) is 0 Å². The van der Waals surface area contributed by atoms with E-state index in [4.69, 9.17) is 0 Å². The van der Waals surface area contributed by atoms with Crippen LogP contribution in [0.5, 0.6) is 0 Å². The molecular formula is C64H42O4. The molecule has 0 radical (unpaired) electrons. The van der Waals surface area contributed by atoms with Gasteiger partial charge in [0.25, 0.3) is 0 Å². The summed E-state index contributed by atoms with van der Waals surface area (Å²) in [6.07, 6.45) is 0. The highest BCUT2D eigenvalue weighted by Crippen LogP contribution is 2.42. The van der Waals surface area contributed by atoms with E-state index in [1.807, 2.05) is 194 Å². The van der Waals surface area contributed by atoms with E-state index in [-0.39, 0.29) is 23.1 Å². The number of carbonyl (C=O) groups is 4. The van der Waals surface area contributed by atoms with Gasteiger partial charge in [-0.05, 0) is 67.8 Å². The van der Waals surface area contributed by atoms with Gasteiger partial charge in [-0.1, -0.05) is 243 Å². The third kappa shape index (κ3) is 8.46. The van der Waals surface area contributed by atoms with Crippen LogP contribution >= 0.6 is 0 Å². The average molecular weight is 875 g/mol. The maximum atomic E-state index is 15.5. The molecule has 322 valence electrons. The molecule has 10 rings (SSSR count). The smallest absolute Gasteiger partial charge is 0.193 e. The Labute approximate surface area is 395 Å². The Hall–Kier alpha value is -9.12. The van der Waals surface area contributed by atoms with Crippen LogP contribution in [0, 0.1) is 0 Å². The highest BCUT2D eigenvalue weighted by Gasteiger charge is 2.25. The van der Waals surface area contributed by atoms with Crippen LogP contribution in [0.15, 0.2) is 255 Å². The third-order valence-corrected chi connectivity index (χ3v) is 12.4. The van der Waals surface area contributed by atoms with E-state index < -0.39 is 0 Å². The molecule has 10 aromatic carbocycles. The number of ketones is 4. The summed E-state index contributed by atoms with van der Waals surface area (Å²) in [5.74, 6) is -0.650. The quantitative estimate of drug-likeness (QED) is 0.108. The van der Waals surface area contributed by atoms with Gasteiger partial charge in [0.1, 0.15) is 0 Å². The molecule has 0 atom stereocenters. The predicted octanol–water partition coefficient (Wildman–Crippen LogP) is 14.9. The van der Waals surface area contributed by atoms with E-state index in [1.165, 1.54) is 0 Å². The zero-order valence-corrected chi connectivity index (χ0v) is 36.9. The van der Waals surface area contributed by atoms with Crippen LogP contribution in [0.1, 0.15) is 63.7 Å².